The smallest absolute Gasteiger partial charge is 0.325 e. The predicted octanol–water partition coefficient (Wildman–Crippen LogP) is 8.54. The van der Waals surface area contributed by atoms with Gasteiger partial charge in [-0.1, -0.05) is 97.8 Å². The van der Waals surface area contributed by atoms with Crippen LogP contribution in [0.3, 0.4) is 0 Å². The van der Waals surface area contributed by atoms with Crippen molar-refractivity contribution >= 4 is 11.9 Å². The molecule has 1 rings (SSSR count). The predicted molar refractivity (Wildman–Crippen MR) is 143 cm³/mol. The lowest BCUT2D eigenvalue weighted by molar-refractivity contribution is -0.277. The molecule has 0 aromatic heterocycles. The summed E-state index contributed by atoms with van der Waals surface area (Å²) in [6.45, 7) is 16.3. The number of hydrogen-bond acceptors (Lipinski definition) is 5. The van der Waals surface area contributed by atoms with E-state index in [9.17, 15) is 9.59 Å². The summed E-state index contributed by atoms with van der Waals surface area (Å²) < 4.78 is 5.43. The van der Waals surface area contributed by atoms with Gasteiger partial charge in [0.25, 0.3) is 0 Å². The first-order valence-corrected chi connectivity index (χ1v) is 14.2. The van der Waals surface area contributed by atoms with Gasteiger partial charge >= 0.3 is 11.9 Å². The van der Waals surface area contributed by atoms with Gasteiger partial charge in [-0.3, -0.25) is 9.59 Å². The van der Waals surface area contributed by atoms with Gasteiger partial charge < -0.3 is 9.57 Å². The zero-order valence-electron chi connectivity index (χ0n) is 24.0. The van der Waals surface area contributed by atoms with E-state index in [1.165, 1.54) is 77.6 Å². The molecule has 0 N–H and O–H groups in total. The molecule has 0 aromatic carbocycles. The number of nitrogens with zero attached hydrogens (tertiary/aromatic N) is 1. The lowest BCUT2D eigenvalue weighted by atomic mass is 9.80. The van der Waals surface area contributed by atoms with E-state index >= 15 is 0 Å². The zero-order chi connectivity index (χ0) is 26.0. The van der Waals surface area contributed by atoms with Crippen LogP contribution in [0.1, 0.15) is 158 Å². The quantitative estimate of drug-likeness (QED) is 0.172. The van der Waals surface area contributed by atoms with Crippen molar-refractivity contribution in [3.05, 3.63) is 0 Å². The van der Waals surface area contributed by atoms with Crippen LogP contribution in [0.2, 0.25) is 0 Å². The van der Waals surface area contributed by atoms with Gasteiger partial charge in [0.1, 0.15) is 6.10 Å². The van der Waals surface area contributed by atoms with Crippen molar-refractivity contribution in [2.45, 2.75) is 175 Å². The fourth-order valence-corrected chi connectivity index (χ4v) is 4.96. The van der Waals surface area contributed by atoms with Crippen LogP contribution in [0.15, 0.2) is 0 Å². The van der Waals surface area contributed by atoms with Gasteiger partial charge in [0.05, 0.1) is 11.1 Å². The van der Waals surface area contributed by atoms with E-state index in [0.29, 0.717) is 19.3 Å². The Labute approximate surface area is 211 Å². The fourth-order valence-electron chi connectivity index (χ4n) is 4.96. The molecule has 202 valence electrons. The highest BCUT2D eigenvalue weighted by Gasteiger charge is 2.49. The number of hydroxylamine groups is 2. The molecule has 0 radical (unpaired) electrons. The van der Waals surface area contributed by atoms with Crippen LogP contribution in [0.25, 0.3) is 0 Å². The Morgan fingerprint density at radius 3 is 1.47 bits per heavy atom. The van der Waals surface area contributed by atoms with Crippen molar-refractivity contribution in [2.24, 2.45) is 0 Å². The van der Waals surface area contributed by atoms with Crippen LogP contribution >= 0.6 is 0 Å². The van der Waals surface area contributed by atoms with E-state index < -0.39 is 0 Å². The Morgan fingerprint density at radius 1 is 0.706 bits per heavy atom. The lowest BCUT2D eigenvalue weighted by Crippen LogP contribution is -2.62. The Bertz CT molecular complexity index is 520. The topological polar surface area (TPSA) is 55.8 Å². The second-order valence-corrected chi connectivity index (χ2v) is 11.3. The minimum atomic E-state index is -0.377. The van der Waals surface area contributed by atoms with E-state index in [4.69, 9.17) is 9.57 Å². The molecule has 5 nitrogen and oxygen atoms in total. The largest absolute Gasteiger partial charge is 0.462 e. The van der Waals surface area contributed by atoms with Gasteiger partial charge in [-0.25, -0.2) is 0 Å². The highest BCUT2D eigenvalue weighted by Crippen LogP contribution is 2.40. The molecule has 0 amide bonds. The number of ether oxygens (including phenoxy) is 1. The van der Waals surface area contributed by atoms with Crippen molar-refractivity contribution in [3.63, 3.8) is 0 Å². The SMILES string of the molecule is CCCCCCCC.CCCCCCCCCC(=O)ON1C(C)(C)CC(OC(C)=O)CC1(C)C. The highest BCUT2D eigenvalue weighted by atomic mass is 16.7. The van der Waals surface area contributed by atoms with Gasteiger partial charge in [0.15, 0.2) is 0 Å². The molecule has 5 heteroatoms. The maximum absolute atomic E-state index is 12.3. The van der Waals surface area contributed by atoms with Crippen LogP contribution in [0.4, 0.5) is 0 Å². The van der Waals surface area contributed by atoms with E-state index in [1.54, 1.807) is 0 Å². The summed E-state index contributed by atoms with van der Waals surface area (Å²) in [5, 5.41) is 1.82. The van der Waals surface area contributed by atoms with Crippen molar-refractivity contribution in [2.75, 3.05) is 0 Å². The second kappa shape index (κ2) is 18.2. The number of hydrogen-bond donors (Lipinski definition) is 0. The summed E-state index contributed by atoms with van der Waals surface area (Å²) in [6.07, 6.45) is 18.4. The summed E-state index contributed by atoms with van der Waals surface area (Å²) in [4.78, 5) is 29.4. The first kappa shape index (κ1) is 32.9. The number of esters is 1. The van der Waals surface area contributed by atoms with Crippen LogP contribution < -0.4 is 0 Å². The number of carbonyl (C=O) groups is 2. The molecule has 1 aliphatic rings. The van der Waals surface area contributed by atoms with Gasteiger partial charge in [0, 0.05) is 26.2 Å². The summed E-state index contributed by atoms with van der Waals surface area (Å²) in [6, 6.07) is 0. The molecule has 1 saturated heterocycles. The number of carbonyl (C=O) groups excluding carboxylic acids is 2. The average Bonchev–Trinajstić information content (AvgIpc) is 2.73. The van der Waals surface area contributed by atoms with Gasteiger partial charge in [-0.15, -0.1) is 5.06 Å². The van der Waals surface area contributed by atoms with E-state index in [1.807, 2.05) is 32.8 Å². The van der Waals surface area contributed by atoms with E-state index in [2.05, 4.69) is 20.8 Å². The third kappa shape index (κ3) is 15.0. The molecular formula is C29H57NO4. The van der Waals surface area contributed by atoms with E-state index in [0.717, 1.165) is 12.8 Å². The molecule has 0 spiro atoms. The van der Waals surface area contributed by atoms with Crippen molar-refractivity contribution in [1.82, 2.24) is 5.06 Å². The normalized spacial score (nSPS) is 17.5. The first-order valence-electron chi connectivity index (χ1n) is 14.2. The fraction of sp³-hybridized carbons (Fsp3) is 0.931. The number of rotatable bonds is 15. The van der Waals surface area contributed by atoms with Gasteiger partial charge in [0.2, 0.25) is 0 Å². The molecule has 0 atom stereocenters. The molecule has 0 bridgehead atoms. The van der Waals surface area contributed by atoms with Crippen LogP contribution in [-0.2, 0) is 19.2 Å². The summed E-state index contributed by atoms with van der Waals surface area (Å²) >= 11 is 0. The van der Waals surface area contributed by atoms with E-state index in [-0.39, 0.29) is 29.1 Å². The zero-order valence-corrected chi connectivity index (χ0v) is 24.0. The molecule has 1 aliphatic heterocycles. The van der Waals surface area contributed by atoms with Crippen LogP contribution in [-0.4, -0.2) is 34.2 Å². The Kier molecular flexibility index (Phi) is 17.6. The molecule has 1 heterocycles. The monoisotopic (exact) mass is 483 g/mol. The molecule has 0 saturated carbocycles. The summed E-state index contributed by atoms with van der Waals surface area (Å²) in [5.41, 5.74) is -0.755. The average molecular weight is 484 g/mol. The molecule has 34 heavy (non-hydrogen) atoms. The summed E-state index contributed by atoms with van der Waals surface area (Å²) in [7, 11) is 0. The van der Waals surface area contributed by atoms with Crippen molar-refractivity contribution in [3.8, 4) is 0 Å². The van der Waals surface area contributed by atoms with Gasteiger partial charge in [-0.05, 0) is 34.1 Å². The third-order valence-electron chi connectivity index (χ3n) is 6.52. The summed E-state index contributed by atoms with van der Waals surface area (Å²) in [5.74, 6) is -0.420. The molecular weight excluding hydrogens is 426 g/mol. The molecule has 0 aliphatic carbocycles. The van der Waals surface area contributed by atoms with Crippen LogP contribution in [0, 0.1) is 0 Å². The van der Waals surface area contributed by atoms with Crippen molar-refractivity contribution < 1.29 is 19.2 Å². The maximum Gasteiger partial charge on any atom is 0.325 e. The minimum absolute atomic E-state index is 0.143. The maximum atomic E-state index is 12.3. The highest BCUT2D eigenvalue weighted by molar-refractivity contribution is 5.69. The first-order chi connectivity index (χ1) is 16.0. The van der Waals surface area contributed by atoms with Crippen molar-refractivity contribution in [1.29, 1.82) is 0 Å². The Hall–Kier alpha value is -1.10. The Balaban J connectivity index is 0.00000116. The lowest BCUT2D eigenvalue weighted by Gasteiger charge is -2.52. The van der Waals surface area contributed by atoms with Crippen LogP contribution in [0.5, 0.6) is 0 Å². The third-order valence-corrected chi connectivity index (χ3v) is 6.52. The minimum Gasteiger partial charge on any atom is -0.462 e. The molecule has 0 aromatic rings. The standard InChI is InChI=1S/C21H39NO4.C8H18/c1-7-8-9-10-11-12-13-14-19(24)26-22-20(3,4)15-18(25-17(2)23)16-21(22,5)6;1-3-5-7-8-6-4-2/h18H,7-16H2,1-6H3;3-8H2,1-2H3. The second-order valence-electron chi connectivity index (χ2n) is 11.3. The molecule has 1 fully saturated rings. The number of unbranched alkanes of at least 4 members (excludes halogenated alkanes) is 11. The molecule has 0 unspecified atom stereocenters. The number of piperidine rings is 1. The Morgan fingerprint density at radius 2 is 1.09 bits per heavy atom. The van der Waals surface area contributed by atoms with Gasteiger partial charge in [-0.2, -0.15) is 0 Å².